The van der Waals surface area contributed by atoms with Crippen LogP contribution in [0.3, 0.4) is 0 Å². The molecule has 0 aliphatic carbocycles. The number of benzene rings is 1. The van der Waals surface area contributed by atoms with E-state index >= 15 is 0 Å². The molecule has 0 aliphatic heterocycles. The van der Waals surface area contributed by atoms with Crippen LogP contribution in [0, 0.1) is 0 Å². The number of nitrogens with zero attached hydrogens (tertiary/aromatic N) is 2. The van der Waals surface area contributed by atoms with E-state index in [2.05, 4.69) is 21.4 Å². The summed E-state index contributed by atoms with van der Waals surface area (Å²) in [4.78, 5) is 8.53. The number of rotatable bonds is 4. The van der Waals surface area contributed by atoms with Gasteiger partial charge in [0.15, 0.2) is 0 Å². The molecule has 100 valence electrons. The van der Waals surface area contributed by atoms with Gasteiger partial charge in [0.1, 0.15) is 0 Å². The summed E-state index contributed by atoms with van der Waals surface area (Å²) in [6, 6.07) is 11.8. The molecule has 4 heteroatoms. The maximum atomic E-state index is 5.97. The summed E-state index contributed by atoms with van der Waals surface area (Å²) in [6.07, 6.45) is 6.38. The average molecular weight is 264 g/mol. The number of nitrogen functional groups attached to an aromatic ring is 1. The molecule has 0 saturated heterocycles. The predicted octanol–water partition coefficient (Wildman–Crippen LogP) is 2.87. The van der Waals surface area contributed by atoms with Gasteiger partial charge < -0.3 is 11.1 Å². The molecular formula is C16H16N4. The maximum Gasteiger partial charge on any atom is 0.0953 e. The Morgan fingerprint density at radius 1 is 1.05 bits per heavy atom. The Morgan fingerprint density at radius 2 is 1.95 bits per heavy atom. The summed E-state index contributed by atoms with van der Waals surface area (Å²) in [5, 5.41) is 4.40. The van der Waals surface area contributed by atoms with Crippen molar-refractivity contribution in [2.45, 2.75) is 6.42 Å². The molecule has 0 aliphatic rings. The third-order valence-electron chi connectivity index (χ3n) is 3.26. The zero-order valence-electron chi connectivity index (χ0n) is 11.1. The van der Waals surface area contributed by atoms with Crippen LogP contribution in [0.1, 0.15) is 5.56 Å². The van der Waals surface area contributed by atoms with Gasteiger partial charge >= 0.3 is 0 Å². The summed E-state index contributed by atoms with van der Waals surface area (Å²) in [5.74, 6) is 0. The molecule has 20 heavy (non-hydrogen) atoms. The average Bonchev–Trinajstić information content (AvgIpc) is 2.51. The highest BCUT2D eigenvalue weighted by molar-refractivity contribution is 5.98. The standard InChI is InChI=1S/C16H16N4/c17-14-5-6-15(16-13(14)4-2-9-20-16)19-10-7-12-3-1-8-18-11-12/h1-6,8-9,11,19H,7,10,17H2. The molecule has 3 N–H and O–H groups in total. The van der Waals surface area contributed by atoms with Gasteiger partial charge in [-0.3, -0.25) is 9.97 Å². The quantitative estimate of drug-likeness (QED) is 0.711. The first kappa shape index (κ1) is 12.4. The van der Waals surface area contributed by atoms with Crippen LogP contribution in [-0.4, -0.2) is 16.5 Å². The van der Waals surface area contributed by atoms with Crippen molar-refractivity contribution >= 4 is 22.3 Å². The van der Waals surface area contributed by atoms with E-state index in [0.717, 1.165) is 35.2 Å². The van der Waals surface area contributed by atoms with Gasteiger partial charge in [-0.1, -0.05) is 6.07 Å². The highest BCUT2D eigenvalue weighted by Gasteiger charge is 2.04. The van der Waals surface area contributed by atoms with Crippen molar-refractivity contribution < 1.29 is 0 Å². The fraction of sp³-hybridized carbons (Fsp3) is 0.125. The fourth-order valence-corrected chi connectivity index (χ4v) is 2.22. The number of hydrogen-bond donors (Lipinski definition) is 2. The van der Waals surface area contributed by atoms with Crippen LogP contribution in [0.4, 0.5) is 11.4 Å². The van der Waals surface area contributed by atoms with E-state index in [9.17, 15) is 0 Å². The van der Waals surface area contributed by atoms with Crippen LogP contribution < -0.4 is 11.1 Å². The van der Waals surface area contributed by atoms with Crippen LogP contribution in [0.25, 0.3) is 10.9 Å². The lowest BCUT2D eigenvalue weighted by Crippen LogP contribution is -2.06. The second kappa shape index (κ2) is 5.57. The van der Waals surface area contributed by atoms with Crippen LogP contribution in [0.2, 0.25) is 0 Å². The summed E-state index contributed by atoms with van der Waals surface area (Å²) in [5.41, 5.74) is 9.87. The lowest BCUT2D eigenvalue weighted by molar-refractivity contribution is 1.01. The number of nitrogens with two attached hydrogens (primary N) is 1. The van der Waals surface area contributed by atoms with Gasteiger partial charge in [0.05, 0.1) is 11.2 Å². The number of nitrogens with one attached hydrogen (secondary N) is 1. The zero-order chi connectivity index (χ0) is 13.8. The van der Waals surface area contributed by atoms with Crippen molar-refractivity contribution in [3.8, 4) is 0 Å². The molecule has 0 fully saturated rings. The fourth-order valence-electron chi connectivity index (χ4n) is 2.22. The van der Waals surface area contributed by atoms with E-state index in [-0.39, 0.29) is 0 Å². The molecule has 0 atom stereocenters. The Hall–Kier alpha value is -2.62. The van der Waals surface area contributed by atoms with Crippen LogP contribution in [0.5, 0.6) is 0 Å². The highest BCUT2D eigenvalue weighted by atomic mass is 14.9. The molecule has 0 bridgehead atoms. The van der Waals surface area contributed by atoms with E-state index in [1.165, 1.54) is 5.56 Å². The number of anilines is 2. The summed E-state index contributed by atoms with van der Waals surface area (Å²) in [7, 11) is 0. The van der Waals surface area contributed by atoms with Crippen LogP contribution in [-0.2, 0) is 6.42 Å². The predicted molar refractivity (Wildman–Crippen MR) is 82.6 cm³/mol. The van der Waals surface area contributed by atoms with E-state index in [4.69, 9.17) is 5.73 Å². The molecule has 0 unspecified atom stereocenters. The Morgan fingerprint density at radius 3 is 2.80 bits per heavy atom. The second-order valence-electron chi connectivity index (χ2n) is 4.64. The summed E-state index contributed by atoms with van der Waals surface area (Å²) >= 11 is 0. The van der Waals surface area contributed by atoms with E-state index in [1.807, 2.05) is 36.5 Å². The first-order valence-corrected chi connectivity index (χ1v) is 6.60. The number of aromatic nitrogens is 2. The Kier molecular flexibility index (Phi) is 3.46. The van der Waals surface area contributed by atoms with Crippen molar-refractivity contribution in [3.63, 3.8) is 0 Å². The third kappa shape index (κ3) is 2.54. The Balaban J connectivity index is 1.77. The minimum atomic E-state index is 0.755. The van der Waals surface area contributed by atoms with Crippen molar-refractivity contribution in [1.82, 2.24) is 9.97 Å². The van der Waals surface area contributed by atoms with Crippen molar-refractivity contribution in [2.24, 2.45) is 0 Å². The first-order valence-electron chi connectivity index (χ1n) is 6.60. The van der Waals surface area contributed by atoms with Gasteiger partial charge in [0, 0.05) is 36.2 Å². The molecule has 2 aromatic heterocycles. The molecule has 3 aromatic rings. The molecule has 0 radical (unpaired) electrons. The lowest BCUT2D eigenvalue weighted by Gasteiger charge is -2.10. The number of hydrogen-bond acceptors (Lipinski definition) is 4. The number of fused-ring (bicyclic) bond motifs is 1. The van der Waals surface area contributed by atoms with E-state index < -0.39 is 0 Å². The van der Waals surface area contributed by atoms with E-state index in [1.54, 1.807) is 12.4 Å². The van der Waals surface area contributed by atoms with E-state index in [0.29, 0.717) is 0 Å². The lowest BCUT2D eigenvalue weighted by atomic mass is 10.1. The van der Waals surface area contributed by atoms with Crippen molar-refractivity contribution in [1.29, 1.82) is 0 Å². The summed E-state index contributed by atoms with van der Waals surface area (Å²) < 4.78 is 0. The molecule has 2 heterocycles. The first-order chi connectivity index (χ1) is 9.84. The smallest absolute Gasteiger partial charge is 0.0953 e. The van der Waals surface area contributed by atoms with Crippen molar-refractivity contribution in [3.05, 3.63) is 60.6 Å². The maximum absolute atomic E-state index is 5.97. The molecule has 3 rings (SSSR count). The minimum Gasteiger partial charge on any atom is -0.398 e. The van der Waals surface area contributed by atoms with Gasteiger partial charge in [-0.2, -0.15) is 0 Å². The van der Waals surface area contributed by atoms with Crippen LogP contribution >= 0.6 is 0 Å². The molecule has 4 nitrogen and oxygen atoms in total. The SMILES string of the molecule is Nc1ccc(NCCc2cccnc2)c2ncccc12. The molecule has 0 saturated carbocycles. The van der Waals surface area contributed by atoms with Crippen molar-refractivity contribution in [2.75, 3.05) is 17.6 Å². The topological polar surface area (TPSA) is 63.8 Å². The normalized spacial score (nSPS) is 10.6. The van der Waals surface area contributed by atoms with Crippen LogP contribution in [0.15, 0.2) is 55.0 Å². The molecule has 1 aromatic carbocycles. The monoisotopic (exact) mass is 264 g/mol. The van der Waals surface area contributed by atoms with Gasteiger partial charge in [0.2, 0.25) is 0 Å². The summed E-state index contributed by atoms with van der Waals surface area (Å²) in [6.45, 7) is 0.835. The van der Waals surface area contributed by atoms with Gasteiger partial charge in [-0.05, 0) is 42.3 Å². The molecular weight excluding hydrogens is 248 g/mol. The Labute approximate surface area is 117 Å². The van der Waals surface area contributed by atoms with Gasteiger partial charge in [-0.15, -0.1) is 0 Å². The van der Waals surface area contributed by atoms with Gasteiger partial charge in [0.25, 0.3) is 0 Å². The van der Waals surface area contributed by atoms with Gasteiger partial charge in [-0.25, -0.2) is 0 Å². The third-order valence-corrected chi connectivity index (χ3v) is 3.26. The highest BCUT2D eigenvalue weighted by Crippen LogP contribution is 2.26. The largest absolute Gasteiger partial charge is 0.398 e. The molecule has 0 spiro atoms. The Bertz CT molecular complexity index is 710. The minimum absolute atomic E-state index is 0.755. The zero-order valence-corrected chi connectivity index (χ0v) is 11.1. The second-order valence-corrected chi connectivity index (χ2v) is 4.64. The number of pyridine rings is 2. The molecule has 0 amide bonds.